The number of anilines is 2. The molecule has 3 aromatic carbocycles. The molecule has 4 aromatic rings. The quantitative estimate of drug-likeness (QED) is 0.00993. The molecular weight excluding hydrogens is 1800 g/mol. The zero-order chi connectivity index (χ0) is 101. The van der Waals surface area contributed by atoms with E-state index in [1.54, 1.807) is 50.9 Å². The Labute approximate surface area is 793 Å². The number of aliphatic hydroxyl groups excluding tert-OH is 12. The maximum Gasteiger partial charge on any atom is 0.341 e. The number of aromatic nitrogens is 1. The van der Waals surface area contributed by atoms with Gasteiger partial charge in [-0.3, -0.25) is 29.0 Å². The molecule has 768 valence electrons. The Morgan fingerprint density at radius 3 is 1.95 bits per heavy atom. The van der Waals surface area contributed by atoms with Crippen molar-refractivity contribution in [1.29, 1.82) is 0 Å². The second kappa shape index (κ2) is 50.5. The number of nitrogens with zero attached hydrogens (tertiary/aromatic N) is 5. The van der Waals surface area contributed by atoms with Gasteiger partial charge in [-0.05, 0) is 84.2 Å². The number of halogens is 1. The number of phenolic OH excluding ortho intramolecular Hbond substituents is 3. The maximum atomic E-state index is 14.6. The molecule has 0 spiro atoms. The highest BCUT2D eigenvalue weighted by Crippen LogP contribution is 2.55. The van der Waals surface area contributed by atoms with Gasteiger partial charge in [0.2, 0.25) is 11.3 Å². The SMILES string of the molecule is CC[C@@H](CO)NCCN[C@@H](CC)CO.CO[C@H]1/C=C/O[C@@]2(C)Oc3c(C)c(O)c4c(O)c(c(/C=N\N5CCN(C)CC5)c(O)c4c3C2=O)NC(=O)/C(C)=C\C=C\[C@H](C)[C@H](O)[C@@H](C)[C@@H](O)[C@@H](C)[C@H](OC(C)=O)[C@@H]1C.NCCC(O)C(=O)N[C@@H]1C[C@H](N)C(O[C@H]2O[C@H](CN)[C@@H](O)[C@H](O)[C@H]2O)[C@H](O)[C@H]1O[C@H]1O[C@H](CO)[C@@H](O)[C@H](N)[C@H]1O.O=C(O)c1cn(C2CC2)c2cc(N3CCNCC3)c(F)cc2c1=O. The summed E-state index contributed by atoms with van der Waals surface area (Å²) in [5.41, 5.74) is 22.9. The number of allylic oxidation sites excluding steroid dienone is 2. The standard InChI is InChI=1S/C43H58N4O12.C22H43N5O13.C17H18FN3O3.C10H24N2O2/c1-21-12-11-13-22(2)42(55)45-33-28(20-44-47-17-15-46(9)16-18-47)37(52)30-31(38(33)53)36(51)26(6)40-32(30)41(54)43(8,59-40)57-19-14-29(56-10)23(3)39(58-27(7)48)25(5)35(50)24(4)34(21)49;23-2-1-8(29)20(36)27-7-3-6(25)18(39-22-16(34)15(33)13(31)9(4-24)37-22)17(35)19(7)40-21-14(32)11(26)12(30)10(5-28)38-21;18-13-7-11-14(8-15(13)20-5-3-19-4-6-20)21(10-1-2-10)9-12(16(11)22)17(23)24;1-3-9(7-13)11-5-6-12-10(4-2)8-14/h11-14,19-21,23-25,29,34-35,39,49-53H,15-18H2,1-10H3,(H,45,55);6-19,21-22,28-35H,1-5,23-26H2,(H,27,36);7-10,19H,1-6H2,(H,23,24);9-14H,3-8H2,1-2H3/b12-11+,19-14+,22-13-,44-20-;;;/t21-,23+,24+,25+,29-,34-,35+,39+,43-;6-,7+,8?,9+,10+,11-,12+,13+,14+,15-,16+,17-,18?,19-,21+,22+;;9-,10-/m00.0/s1. The predicted octanol–water partition coefficient (Wildman–Crippen LogP) is -2.80. The summed E-state index contributed by atoms with van der Waals surface area (Å²) in [5.74, 6) is -10.9. The first-order valence-corrected chi connectivity index (χ1v) is 46.5. The van der Waals surface area contributed by atoms with Gasteiger partial charge in [0.25, 0.3) is 11.7 Å². The average Bonchev–Trinajstić information content (AvgIpc) is 1.58. The summed E-state index contributed by atoms with van der Waals surface area (Å²) >= 11 is 0. The van der Waals surface area contributed by atoms with Gasteiger partial charge >= 0.3 is 17.7 Å². The van der Waals surface area contributed by atoms with Crippen LogP contribution in [0, 0.1) is 36.4 Å². The van der Waals surface area contributed by atoms with Crippen LogP contribution in [-0.4, -0.2) is 385 Å². The molecule has 9 aliphatic rings. The number of carboxylic acids is 1. The highest BCUT2D eigenvalue weighted by atomic mass is 19.1. The second-order valence-electron chi connectivity index (χ2n) is 36.3. The summed E-state index contributed by atoms with van der Waals surface area (Å²) in [6.45, 7) is 23.3. The van der Waals surface area contributed by atoms with Crippen LogP contribution in [0.25, 0.3) is 21.7 Å². The van der Waals surface area contributed by atoms with Crippen LogP contribution in [0.5, 0.6) is 23.0 Å². The van der Waals surface area contributed by atoms with Crippen LogP contribution in [0.4, 0.5) is 15.8 Å². The molecule has 6 fully saturated rings. The van der Waals surface area contributed by atoms with E-state index in [1.807, 2.05) is 30.4 Å². The number of likely N-dealkylation sites (N-methyl/N-ethyl adjacent to an activating group) is 1. The maximum absolute atomic E-state index is 14.6. The monoisotopic (exact) mass is 1940 g/mol. The largest absolute Gasteiger partial charge is 0.507 e. The number of fused-ring (bicyclic) bond motifs is 15. The lowest BCUT2D eigenvalue weighted by Crippen LogP contribution is -2.69. The normalized spacial score (nSPS) is 32.3. The van der Waals surface area contributed by atoms with Crippen molar-refractivity contribution >= 4 is 68.8 Å². The Hall–Kier alpha value is -8.90. The number of Topliss-reactive ketones (excluding diaryl/α,β-unsaturated/α-hetero) is 1. The number of nitrogens with one attached hydrogen (secondary N) is 5. The lowest BCUT2D eigenvalue weighted by molar-refractivity contribution is -0.332. The number of aromatic carboxylic acids is 1. The third kappa shape index (κ3) is 26.7. The van der Waals surface area contributed by atoms with Crippen molar-refractivity contribution in [2.45, 2.75) is 254 Å². The number of rotatable bonds is 26. The van der Waals surface area contributed by atoms with E-state index in [2.05, 4.69) is 36.6 Å². The van der Waals surface area contributed by atoms with Crippen LogP contribution in [0.15, 0.2) is 64.4 Å². The van der Waals surface area contributed by atoms with Crippen molar-refractivity contribution in [3.63, 3.8) is 0 Å². The fourth-order valence-corrected chi connectivity index (χ4v) is 17.5. The van der Waals surface area contributed by atoms with E-state index in [4.69, 9.17) is 71.0 Å². The van der Waals surface area contributed by atoms with Crippen molar-refractivity contribution in [3.05, 3.63) is 92.8 Å². The number of piperazine rings is 2. The molecule has 4 saturated heterocycles. The minimum Gasteiger partial charge on any atom is -0.507 e. The van der Waals surface area contributed by atoms with E-state index in [-0.39, 0.29) is 113 Å². The third-order valence-electron chi connectivity index (χ3n) is 26.5. The molecule has 8 heterocycles. The Kier molecular flexibility index (Phi) is 41.2. The summed E-state index contributed by atoms with van der Waals surface area (Å²) in [6, 6.07) is 0.0237. The highest BCUT2D eigenvalue weighted by Gasteiger charge is 2.55. The number of benzene rings is 3. The molecule has 7 aliphatic heterocycles. The lowest BCUT2D eigenvalue weighted by Gasteiger charge is -2.49. The first kappa shape index (κ1) is 112. The molecule has 29 N–H and O–H groups in total. The number of aliphatic hydroxyl groups is 12. The number of ether oxygens (including phenoxy) is 8. The Bertz CT molecular complexity index is 4880. The topological polar surface area (TPSA) is 691 Å². The first-order valence-electron chi connectivity index (χ1n) is 46.5. The van der Waals surface area contributed by atoms with E-state index in [0.717, 1.165) is 65.0 Å². The summed E-state index contributed by atoms with van der Waals surface area (Å²) in [5, 5.41) is 189. The molecule has 0 radical (unpaired) electrons. The Morgan fingerprint density at radius 2 is 1.37 bits per heavy atom. The van der Waals surface area contributed by atoms with Gasteiger partial charge in [0.15, 0.2) is 18.3 Å². The van der Waals surface area contributed by atoms with Gasteiger partial charge in [-0.15, -0.1) is 0 Å². The van der Waals surface area contributed by atoms with Gasteiger partial charge in [0.1, 0.15) is 102 Å². The van der Waals surface area contributed by atoms with Gasteiger partial charge in [-0.2, -0.15) is 5.10 Å². The molecule has 137 heavy (non-hydrogen) atoms. The summed E-state index contributed by atoms with van der Waals surface area (Å²) in [4.78, 5) is 80.9. The summed E-state index contributed by atoms with van der Waals surface area (Å²) in [7, 11) is 3.42. The average molecular weight is 1940 g/mol. The molecule has 44 nitrogen and oxygen atoms in total. The highest BCUT2D eigenvalue weighted by molar-refractivity contribution is 6.24. The Morgan fingerprint density at radius 1 is 0.752 bits per heavy atom. The van der Waals surface area contributed by atoms with Crippen LogP contribution in [0.3, 0.4) is 0 Å². The summed E-state index contributed by atoms with van der Waals surface area (Å²) in [6.07, 6.45) is -9.79. The zero-order valence-corrected chi connectivity index (χ0v) is 79.4. The van der Waals surface area contributed by atoms with E-state index in [1.165, 1.54) is 71.7 Å². The van der Waals surface area contributed by atoms with E-state index < -0.39 is 216 Å². The van der Waals surface area contributed by atoms with Crippen molar-refractivity contribution in [2.24, 2.45) is 51.7 Å². The zero-order valence-electron chi connectivity index (χ0n) is 79.4. The van der Waals surface area contributed by atoms with Crippen molar-refractivity contribution in [1.82, 2.24) is 35.7 Å². The number of esters is 1. The number of ketones is 1. The molecule has 2 unspecified atom stereocenters. The van der Waals surface area contributed by atoms with E-state index >= 15 is 0 Å². The number of carbonyl (C=O) groups is 5. The third-order valence-corrected chi connectivity index (χ3v) is 26.5. The van der Waals surface area contributed by atoms with Crippen LogP contribution >= 0.6 is 0 Å². The number of phenols is 3. The van der Waals surface area contributed by atoms with Crippen LogP contribution in [-0.2, 0) is 47.5 Å². The fraction of sp³-hybridized carbons (Fsp3) is 0.663. The number of pyridine rings is 1. The molecule has 13 rings (SSSR count). The predicted molar refractivity (Wildman–Crippen MR) is 499 cm³/mol. The van der Waals surface area contributed by atoms with E-state index in [9.17, 15) is 105 Å². The fourth-order valence-electron chi connectivity index (χ4n) is 17.5. The van der Waals surface area contributed by atoms with Gasteiger partial charge < -0.3 is 183 Å². The smallest absolute Gasteiger partial charge is 0.341 e. The van der Waals surface area contributed by atoms with Crippen LogP contribution in [0.2, 0.25) is 0 Å². The molecule has 2 saturated carbocycles. The molecule has 27 atom stereocenters. The van der Waals surface area contributed by atoms with Crippen molar-refractivity contribution < 1.29 is 148 Å². The number of hydrazone groups is 1. The lowest BCUT2D eigenvalue weighted by atomic mass is 9.78. The van der Waals surface area contributed by atoms with Crippen molar-refractivity contribution in [2.75, 3.05) is 123 Å². The van der Waals surface area contributed by atoms with Gasteiger partial charge in [-0.25, -0.2) is 9.18 Å². The molecular formula is C92H143FN14O30. The number of nitrogens with two attached hydrogens (primary N) is 4. The number of aromatic hydroxyl groups is 3. The molecule has 2 amide bonds. The number of amides is 2. The molecule has 45 heteroatoms. The van der Waals surface area contributed by atoms with Crippen molar-refractivity contribution in [3.8, 4) is 23.0 Å². The molecule has 2 aliphatic carbocycles. The summed E-state index contributed by atoms with van der Waals surface area (Å²) < 4.78 is 62.5. The number of carboxylic acid groups (broad SMARTS) is 1. The minimum absolute atomic E-state index is 0.0101. The van der Waals surface area contributed by atoms with Gasteiger partial charge in [0, 0.05) is 169 Å². The molecule has 1 aromatic heterocycles. The molecule has 5 bridgehead atoms. The Balaban J connectivity index is 0.000000230. The van der Waals surface area contributed by atoms with Gasteiger partial charge in [0.05, 0.1) is 96.1 Å². The second-order valence-corrected chi connectivity index (χ2v) is 36.3. The van der Waals surface area contributed by atoms with Gasteiger partial charge in [-0.1, -0.05) is 59.8 Å². The van der Waals surface area contributed by atoms with Crippen LogP contribution in [0.1, 0.15) is 139 Å². The number of hydrogen-bond donors (Lipinski definition) is 25. The van der Waals surface area contributed by atoms with Crippen LogP contribution < -0.4 is 64.6 Å². The number of hydrogen-bond acceptors (Lipinski definition) is 40. The number of methoxy groups -OCH3 is 1. The first-order chi connectivity index (χ1) is 64.9. The number of carbonyl (C=O) groups excluding carboxylic acids is 4. The van der Waals surface area contributed by atoms with E-state index in [0.29, 0.717) is 37.4 Å². The minimum atomic E-state index is -2.04.